The van der Waals surface area contributed by atoms with Gasteiger partial charge in [0.15, 0.2) is 5.69 Å². The molecule has 1 heterocycles. The molecule has 1 aromatic heterocycles. The van der Waals surface area contributed by atoms with Gasteiger partial charge in [0.05, 0.1) is 24.5 Å². The lowest BCUT2D eigenvalue weighted by atomic mass is 9.95. The van der Waals surface area contributed by atoms with E-state index in [-0.39, 0.29) is 30.5 Å². The molecule has 4 N–H and O–H groups in total. The third-order valence-corrected chi connectivity index (χ3v) is 4.61. The molecule has 3 atom stereocenters. The monoisotopic (exact) mass is 458 g/mol. The van der Waals surface area contributed by atoms with Crippen molar-refractivity contribution < 1.29 is 36.6 Å². The normalized spacial score (nSPS) is 14.3. The Hall–Kier alpha value is -3.08. The number of anilines is 1. The Morgan fingerprint density at radius 1 is 1.29 bits per heavy atom. The Bertz CT molecular complexity index is 1050. The van der Waals surface area contributed by atoms with E-state index in [1.165, 1.54) is 0 Å². The minimum Gasteiger partial charge on any atom is -0.431 e. The summed E-state index contributed by atoms with van der Waals surface area (Å²) in [5.74, 6) is -2.64. The van der Waals surface area contributed by atoms with Crippen molar-refractivity contribution in [3.05, 3.63) is 47.4 Å². The van der Waals surface area contributed by atoms with Crippen LogP contribution in [0, 0.1) is 23.0 Å². The van der Waals surface area contributed by atoms with Crippen LogP contribution in [0.4, 0.5) is 14.8 Å². The molecule has 1 amide bonds. The number of benzene rings is 1. The quantitative estimate of drug-likeness (QED) is 0.404. The van der Waals surface area contributed by atoms with Gasteiger partial charge in [-0.3, -0.25) is 4.79 Å². The molecule has 0 aliphatic heterocycles. The predicted molar refractivity (Wildman–Crippen MR) is 103 cm³/mol. The van der Waals surface area contributed by atoms with Crippen LogP contribution in [0.2, 0.25) is 0 Å². The highest BCUT2D eigenvalue weighted by molar-refractivity contribution is 7.91. The van der Waals surface area contributed by atoms with Crippen LogP contribution in [0.1, 0.15) is 28.9 Å². The van der Waals surface area contributed by atoms with E-state index in [9.17, 15) is 32.2 Å². The molecule has 3 unspecified atom stereocenters. The summed E-state index contributed by atoms with van der Waals surface area (Å²) in [5, 5.41) is 31.6. The first kappa shape index (κ1) is 24.2. The van der Waals surface area contributed by atoms with Crippen molar-refractivity contribution >= 4 is 21.9 Å². The zero-order valence-corrected chi connectivity index (χ0v) is 17.1. The van der Waals surface area contributed by atoms with E-state index in [0.29, 0.717) is 6.07 Å². The Morgan fingerprint density at radius 2 is 1.94 bits per heavy atom. The number of oxazole rings is 1. The first-order valence-electron chi connectivity index (χ1n) is 8.90. The van der Waals surface area contributed by atoms with Gasteiger partial charge in [-0.05, 0) is 30.5 Å². The van der Waals surface area contributed by atoms with E-state index in [0.717, 1.165) is 24.7 Å². The predicted octanol–water partition coefficient (Wildman–Crippen LogP) is 0.691. The van der Waals surface area contributed by atoms with Gasteiger partial charge < -0.3 is 19.9 Å². The molecule has 2 rings (SSSR count). The molecule has 1 aromatic carbocycles. The fourth-order valence-corrected chi connectivity index (χ4v) is 3.13. The Balaban J connectivity index is 2.22. The second-order valence-corrected chi connectivity index (χ2v) is 8.48. The van der Waals surface area contributed by atoms with Crippen LogP contribution in [0.3, 0.4) is 0 Å². The van der Waals surface area contributed by atoms with Crippen LogP contribution < -0.4 is 10.0 Å². The summed E-state index contributed by atoms with van der Waals surface area (Å²) in [6.45, 7) is 0. The number of aliphatic hydroxyl groups excluding tert-OH is 2. The number of amides is 1. The number of halogens is 2. The molecule has 0 fully saturated rings. The number of rotatable bonds is 10. The van der Waals surface area contributed by atoms with E-state index in [1.54, 1.807) is 0 Å². The van der Waals surface area contributed by atoms with Crippen molar-refractivity contribution in [2.45, 2.75) is 37.5 Å². The minimum atomic E-state index is -3.70. The molecule has 0 radical (unpaired) electrons. The van der Waals surface area contributed by atoms with E-state index in [4.69, 9.17) is 9.68 Å². The minimum absolute atomic E-state index is 0.0721. The van der Waals surface area contributed by atoms with Gasteiger partial charge in [0.25, 0.3) is 5.91 Å². The highest BCUT2D eigenvalue weighted by Gasteiger charge is 2.29. The van der Waals surface area contributed by atoms with Crippen molar-refractivity contribution in [2.24, 2.45) is 0 Å². The molecular formula is C18H20F2N4O6S. The lowest BCUT2D eigenvalue weighted by Gasteiger charge is -2.27. The number of carbonyl (C=O) groups is 1. The smallest absolute Gasteiger partial charge is 0.309 e. The van der Waals surface area contributed by atoms with Crippen molar-refractivity contribution in [1.82, 2.24) is 10.3 Å². The van der Waals surface area contributed by atoms with E-state index < -0.39 is 51.8 Å². The zero-order valence-electron chi connectivity index (χ0n) is 16.2. The number of nitriles is 1. The van der Waals surface area contributed by atoms with Crippen LogP contribution in [-0.4, -0.2) is 54.0 Å². The van der Waals surface area contributed by atoms with E-state index in [2.05, 4.69) is 10.3 Å². The van der Waals surface area contributed by atoms with Gasteiger partial charge in [-0.1, -0.05) is 0 Å². The second kappa shape index (κ2) is 10.3. The largest absolute Gasteiger partial charge is 0.431 e. The Labute approximate surface area is 176 Å². The molecule has 0 aliphatic rings. The van der Waals surface area contributed by atoms with E-state index >= 15 is 0 Å². The summed E-state index contributed by atoms with van der Waals surface area (Å²) >= 11 is 0. The number of carbonyl (C=O) groups excluding carboxylic acids is 1. The summed E-state index contributed by atoms with van der Waals surface area (Å²) in [6.07, 6.45) is -1.74. The van der Waals surface area contributed by atoms with Crippen LogP contribution in [-0.2, 0) is 16.4 Å². The summed E-state index contributed by atoms with van der Waals surface area (Å²) in [5.41, 5.74) is -0.255. The van der Waals surface area contributed by atoms with Gasteiger partial charge in [0, 0.05) is 12.5 Å². The molecule has 10 nitrogen and oxygen atoms in total. The third-order valence-electron chi connectivity index (χ3n) is 4.06. The fourth-order valence-electron chi connectivity index (χ4n) is 2.72. The Morgan fingerprint density at radius 3 is 2.52 bits per heavy atom. The van der Waals surface area contributed by atoms with Crippen molar-refractivity contribution in [2.75, 3.05) is 11.0 Å². The number of hydrogen-bond donors (Lipinski definition) is 4. The molecule has 13 heteroatoms. The molecule has 0 spiro atoms. The summed E-state index contributed by atoms with van der Waals surface area (Å²) in [7, 11) is -3.70. The van der Waals surface area contributed by atoms with Gasteiger partial charge in [-0.2, -0.15) is 10.2 Å². The summed E-state index contributed by atoms with van der Waals surface area (Å²) < 4.78 is 56.2. The van der Waals surface area contributed by atoms with Gasteiger partial charge in [0.1, 0.15) is 24.0 Å². The van der Waals surface area contributed by atoms with E-state index in [1.807, 2.05) is 10.8 Å². The first-order valence-corrected chi connectivity index (χ1v) is 10.8. The van der Waals surface area contributed by atoms with Crippen LogP contribution in [0.15, 0.2) is 28.9 Å². The Kier molecular flexibility index (Phi) is 8.03. The number of aromatic nitrogens is 1. The highest BCUT2D eigenvalue weighted by atomic mass is 32.2. The summed E-state index contributed by atoms with van der Waals surface area (Å²) in [6, 6.07) is 2.77. The van der Waals surface area contributed by atoms with Crippen LogP contribution >= 0.6 is 0 Å². The number of hydrogen-bond acceptors (Lipinski definition) is 8. The maximum absolute atomic E-state index is 13.5. The molecule has 2 aromatic rings. The van der Waals surface area contributed by atoms with Crippen molar-refractivity contribution in [3.63, 3.8) is 0 Å². The molecular weight excluding hydrogens is 438 g/mol. The average molecular weight is 458 g/mol. The molecule has 0 aliphatic carbocycles. The number of aliphatic hydroxyl groups is 2. The molecule has 0 saturated heterocycles. The average Bonchev–Trinajstić information content (AvgIpc) is 3.10. The zero-order chi connectivity index (χ0) is 23.2. The molecule has 31 heavy (non-hydrogen) atoms. The SMILES string of the molecule is CS(=O)(=O)Nc1nc(C(=O)NC(Cc2cc(F)cc(F)c2)C(O)C(O)CCC#N)co1. The number of sulfonamides is 1. The van der Waals surface area contributed by atoms with Crippen molar-refractivity contribution in [3.8, 4) is 6.07 Å². The van der Waals surface area contributed by atoms with Crippen LogP contribution in [0.25, 0.3) is 0 Å². The molecule has 0 bridgehead atoms. The van der Waals surface area contributed by atoms with Gasteiger partial charge in [0.2, 0.25) is 10.0 Å². The van der Waals surface area contributed by atoms with Gasteiger partial charge >= 0.3 is 6.01 Å². The maximum Gasteiger partial charge on any atom is 0.309 e. The van der Waals surface area contributed by atoms with Gasteiger partial charge in [-0.25, -0.2) is 21.9 Å². The maximum atomic E-state index is 13.5. The topological polar surface area (TPSA) is 166 Å². The summed E-state index contributed by atoms with van der Waals surface area (Å²) in [4.78, 5) is 16.2. The highest BCUT2D eigenvalue weighted by Crippen LogP contribution is 2.16. The third kappa shape index (κ3) is 7.59. The fraction of sp³-hybridized carbons (Fsp3) is 0.389. The number of nitrogens with zero attached hydrogens (tertiary/aromatic N) is 2. The number of nitrogens with one attached hydrogen (secondary N) is 2. The first-order chi connectivity index (χ1) is 14.5. The lowest BCUT2D eigenvalue weighted by Crippen LogP contribution is -2.50. The lowest BCUT2D eigenvalue weighted by molar-refractivity contribution is -0.00648. The second-order valence-electron chi connectivity index (χ2n) is 6.73. The van der Waals surface area contributed by atoms with Gasteiger partial charge in [-0.15, -0.1) is 0 Å². The van der Waals surface area contributed by atoms with Crippen LogP contribution in [0.5, 0.6) is 0 Å². The molecule has 168 valence electrons. The molecule has 0 saturated carbocycles. The standard InChI is InChI=1S/C18H20F2N4O6S/c1-31(28,29)24-18-23-14(9-30-18)17(27)22-13(16(26)15(25)3-2-4-21)7-10-5-11(19)8-12(20)6-10/h5-6,8-9,13,15-16,25-26H,2-3,7H2,1H3,(H,22,27)(H,23,24). The van der Waals surface area contributed by atoms with Crippen molar-refractivity contribution in [1.29, 1.82) is 5.26 Å².